The van der Waals surface area contributed by atoms with Crippen LogP contribution in [0.1, 0.15) is 128 Å². The van der Waals surface area contributed by atoms with Gasteiger partial charge in [0.25, 0.3) is 0 Å². The second kappa shape index (κ2) is 20.6. The van der Waals surface area contributed by atoms with Crippen molar-refractivity contribution in [2.75, 3.05) is 25.3 Å². The molecule has 0 saturated heterocycles. The maximum atomic E-state index is 14.7. The van der Waals surface area contributed by atoms with E-state index in [9.17, 15) is 13.8 Å². The van der Waals surface area contributed by atoms with Gasteiger partial charge in [0.2, 0.25) is 0 Å². The Morgan fingerprint density at radius 3 is 1.84 bits per heavy atom. The molecular weight excluding hydrogens is 512 g/mol. The zero-order chi connectivity index (χ0) is 28.2. The number of hydrogen-bond acceptors (Lipinski definition) is 6. The van der Waals surface area contributed by atoms with Crippen LogP contribution < -0.4 is 11.4 Å². The molecule has 222 valence electrons. The third-order valence-electron chi connectivity index (χ3n) is 6.66. The minimum Gasteiger partial charge on any atom is -0.381 e. The number of nitrogens with zero attached hydrogens (tertiary/aromatic N) is 2. The fraction of sp³-hybridized carbons (Fsp3) is 0.852. The highest BCUT2D eigenvalue weighted by molar-refractivity contribution is 7.51. The molecule has 0 bridgehead atoms. The van der Waals surface area contributed by atoms with E-state index in [4.69, 9.17) is 25.0 Å². The van der Waals surface area contributed by atoms with Crippen molar-refractivity contribution < 1.29 is 28.2 Å². The van der Waals surface area contributed by atoms with Crippen molar-refractivity contribution in [2.45, 2.75) is 129 Å². The topological polar surface area (TPSA) is 137 Å². The second-order valence-electron chi connectivity index (χ2n) is 10.1. The van der Waals surface area contributed by atoms with Crippen LogP contribution in [0, 0.1) is 5.82 Å². The Labute approximate surface area is 227 Å². The van der Waals surface area contributed by atoms with E-state index in [2.05, 4.69) is 11.9 Å². The third-order valence-corrected chi connectivity index (χ3v) is 7.18. The molecule has 0 amide bonds. The van der Waals surface area contributed by atoms with Crippen molar-refractivity contribution in [1.29, 1.82) is 0 Å². The number of rotatable bonds is 24. The SMILES string of the molecule is CCCCCCCCCCCCCCCCCCOC(C)c1c(F)c(N)nc(=O)n1CCOCP(=O)(O)O. The molecule has 1 atom stereocenters. The van der Waals surface area contributed by atoms with E-state index in [-0.39, 0.29) is 18.8 Å². The van der Waals surface area contributed by atoms with Crippen molar-refractivity contribution in [3.05, 3.63) is 22.0 Å². The summed E-state index contributed by atoms with van der Waals surface area (Å²) in [5.41, 5.74) is 4.74. The highest BCUT2D eigenvalue weighted by Crippen LogP contribution is 2.33. The van der Waals surface area contributed by atoms with Crippen LogP contribution in [0.3, 0.4) is 0 Å². The summed E-state index contributed by atoms with van der Waals surface area (Å²) in [6.45, 7) is 3.98. The highest BCUT2D eigenvalue weighted by Gasteiger charge is 2.22. The Kier molecular flexibility index (Phi) is 18.8. The van der Waals surface area contributed by atoms with Gasteiger partial charge in [0.15, 0.2) is 11.6 Å². The van der Waals surface area contributed by atoms with Crippen LogP contribution in [-0.2, 0) is 20.6 Å². The molecule has 38 heavy (non-hydrogen) atoms. The molecule has 1 aromatic rings. The van der Waals surface area contributed by atoms with E-state index in [1.165, 1.54) is 83.5 Å². The van der Waals surface area contributed by atoms with Gasteiger partial charge in [-0.1, -0.05) is 103 Å². The summed E-state index contributed by atoms with van der Waals surface area (Å²) in [6, 6.07) is 0. The van der Waals surface area contributed by atoms with E-state index < -0.39 is 37.4 Å². The average Bonchev–Trinajstić information content (AvgIpc) is 2.85. The summed E-state index contributed by atoms with van der Waals surface area (Å²) in [6.07, 6.45) is 18.9. The van der Waals surface area contributed by atoms with Crippen LogP contribution in [-0.4, -0.2) is 38.9 Å². The van der Waals surface area contributed by atoms with Crippen LogP contribution in [0.25, 0.3) is 0 Å². The molecule has 0 saturated carbocycles. The number of nitrogen functional groups attached to an aromatic ring is 1. The van der Waals surface area contributed by atoms with Gasteiger partial charge in [-0.15, -0.1) is 0 Å². The smallest absolute Gasteiger partial charge is 0.350 e. The average molecular weight is 564 g/mol. The number of ether oxygens (including phenoxy) is 2. The largest absolute Gasteiger partial charge is 0.381 e. The maximum Gasteiger partial charge on any atom is 0.350 e. The number of unbranched alkanes of at least 4 members (excludes halogenated alkanes) is 15. The minimum atomic E-state index is -4.33. The van der Waals surface area contributed by atoms with Crippen molar-refractivity contribution >= 4 is 13.4 Å². The summed E-state index contributed by atoms with van der Waals surface area (Å²) >= 11 is 0. The van der Waals surface area contributed by atoms with Gasteiger partial charge in [-0.2, -0.15) is 4.98 Å². The Bertz CT molecular complexity index is 864. The van der Waals surface area contributed by atoms with Crippen LogP contribution in [0.4, 0.5) is 10.2 Å². The van der Waals surface area contributed by atoms with Gasteiger partial charge in [-0.05, 0) is 13.3 Å². The predicted octanol–water partition coefficient (Wildman–Crippen LogP) is 6.46. The van der Waals surface area contributed by atoms with E-state index in [0.29, 0.717) is 6.61 Å². The standard InChI is InChI=1S/C27H51FN3O6P/c1-3-4-5-6-7-8-9-10-11-12-13-14-15-16-17-18-20-37-23(2)25-24(28)26(29)30-27(32)31(25)19-21-36-22-38(33,34)35/h23H,3-22H2,1-2H3,(H2,29,30,32)(H2,33,34,35). The number of halogens is 1. The molecular formula is C27H51FN3O6P. The molecule has 11 heteroatoms. The monoisotopic (exact) mass is 563 g/mol. The number of hydrogen-bond donors (Lipinski definition) is 3. The number of nitrogens with two attached hydrogens (primary N) is 1. The van der Waals surface area contributed by atoms with Crippen molar-refractivity contribution in [3.63, 3.8) is 0 Å². The molecule has 0 aliphatic carbocycles. The third kappa shape index (κ3) is 15.9. The fourth-order valence-corrected chi connectivity index (χ4v) is 4.87. The van der Waals surface area contributed by atoms with Crippen LogP contribution in [0.2, 0.25) is 0 Å². The molecule has 0 radical (unpaired) electrons. The summed E-state index contributed by atoms with van der Waals surface area (Å²) in [5, 5.41) is 0. The van der Waals surface area contributed by atoms with Gasteiger partial charge >= 0.3 is 13.3 Å². The van der Waals surface area contributed by atoms with Crippen molar-refractivity contribution in [3.8, 4) is 0 Å². The molecule has 1 rings (SSSR count). The molecule has 0 aromatic carbocycles. The molecule has 0 aliphatic rings. The second-order valence-corrected chi connectivity index (χ2v) is 11.7. The Hall–Kier alpha value is -1.32. The molecule has 1 aromatic heterocycles. The van der Waals surface area contributed by atoms with Gasteiger partial charge in [0.1, 0.15) is 6.35 Å². The first-order valence-electron chi connectivity index (χ1n) is 14.5. The summed E-state index contributed by atoms with van der Waals surface area (Å²) in [7, 11) is -4.33. The number of anilines is 1. The predicted molar refractivity (Wildman–Crippen MR) is 150 cm³/mol. The van der Waals surface area contributed by atoms with E-state index in [1.807, 2.05) is 0 Å². The van der Waals surface area contributed by atoms with Crippen molar-refractivity contribution in [1.82, 2.24) is 9.55 Å². The van der Waals surface area contributed by atoms with Crippen LogP contribution in [0.15, 0.2) is 4.79 Å². The quantitative estimate of drug-likeness (QED) is 0.0963. The molecule has 0 fully saturated rings. The Balaban J connectivity index is 2.21. The first-order chi connectivity index (χ1) is 18.2. The Morgan fingerprint density at radius 2 is 1.37 bits per heavy atom. The normalized spacial score (nSPS) is 12.8. The van der Waals surface area contributed by atoms with E-state index in [0.717, 1.165) is 23.8 Å². The molecule has 9 nitrogen and oxygen atoms in total. The fourth-order valence-electron chi connectivity index (χ4n) is 4.51. The van der Waals surface area contributed by atoms with Gasteiger partial charge in [-0.25, -0.2) is 9.18 Å². The number of aromatic nitrogens is 2. The molecule has 0 aliphatic heterocycles. The molecule has 1 unspecified atom stereocenters. The zero-order valence-corrected chi connectivity index (χ0v) is 24.4. The lowest BCUT2D eigenvalue weighted by Gasteiger charge is -2.20. The van der Waals surface area contributed by atoms with Crippen LogP contribution in [0.5, 0.6) is 0 Å². The van der Waals surface area contributed by atoms with E-state index in [1.54, 1.807) is 6.92 Å². The summed E-state index contributed by atoms with van der Waals surface area (Å²) in [5.74, 6) is -1.34. The lowest BCUT2D eigenvalue weighted by atomic mass is 10.0. The Morgan fingerprint density at radius 1 is 0.895 bits per heavy atom. The molecule has 4 N–H and O–H groups in total. The zero-order valence-electron chi connectivity index (χ0n) is 23.5. The van der Waals surface area contributed by atoms with Gasteiger partial charge < -0.3 is 25.0 Å². The highest BCUT2D eigenvalue weighted by atomic mass is 31.2. The lowest BCUT2D eigenvalue weighted by Crippen LogP contribution is -2.32. The first-order valence-corrected chi connectivity index (χ1v) is 16.3. The lowest BCUT2D eigenvalue weighted by molar-refractivity contribution is 0.0520. The molecule has 1 heterocycles. The molecule has 0 spiro atoms. The summed E-state index contributed by atoms with van der Waals surface area (Å²) < 4.78 is 37.4. The van der Waals surface area contributed by atoms with Gasteiger partial charge in [-0.3, -0.25) is 9.13 Å². The maximum absolute atomic E-state index is 14.7. The van der Waals surface area contributed by atoms with E-state index >= 15 is 0 Å². The first kappa shape index (κ1) is 34.7. The van der Waals surface area contributed by atoms with Gasteiger partial charge in [0.05, 0.1) is 24.9 Å². The van der Waals surface area contributed by atoms with Gasteiger partial charge in [0, 0.05) is 6.61 Å². The van der Waals surface area contributed by atoms with Crippen LogP contribution >= 0.6 is 7.60 Å². The minimum absolute atomic E-state index is 0.0428. The van der Waals surface area contributed by atoms with Crippen molar-refractivity contribution in [2.24, 2.45) is 0 Å². The summed E-state index contributed by atoms with van der Waals surface area (Å²) in [4.78, 5) is 33.5.